The highest BCUT2D eigenvalue weighted by Crippen LogP contribution is 2.43. The number of hydrogen-bond acceptors (Lipinski definition) is 20. The number of halogens is 1. The molecular weight excluding hydrogens is 1410 g/mol. The van der Waals surface area contributed by atoms with Crippen molar-refractivity contribution >= 4 is 125 Å². The number of hydrogen-bond donors (Lipinski definition) is 8. The van der Waals surface area contributed by atoms with Gasteiger partial charge in [0, 0.05) is 43.7 Å². The number of esters is 2. The molecule has 574 valence electrons. The minimum Gasteiger partial charge on any atom is -0.438 e. The number of ether oxygens (including phenoxy) is 6. The Bertz CT molecular complexity index is 3140. The first-order chi connectivity index (χ1) is 46.2. The third kappa shape index (κ3) is 45.4. The van der Waals surface area contributed by atoms with Gasteiger partial charge in [0.15, 0.2) is 6.07 Å². The number of urea groups is 2. The fourth-order valence-corrected chi connectivity index (χ4v) is 9.75. The summed E-state index contributed by atoms with van der Waals surface area (Å²) in [6.45, 7) is 35.6. The molecule has 101 heavy (non-hydrogen) atoms. The molecule has 3 atom stereocenters. The zero-order chi connectivity index (χ0) is 75.2. The third-order valence-corrected chi connectivity index (χ3v) is 14.5. The standard InChI is InChI=1S/C33H50N3O10P.C28H42N3O7P.C5H9ClO3.C3H8O.2H2S/c1-9-26(17-31(37)42-20-44-47(40,41)45-21-43-33(39)46-24(6)7)27-12-15-30(36(18-22(2)3)19-23(4)5)29(16-27)35-32(38)34-28-13-10-25(8)11-14-28;1-7-22(15-27(32)37-18-38-39(34,35)36)23-10-13-26(31(16-19(2)3)17-20(4)5)25(14-23)30-28(33)29-24-11-8-21(6)9-12-24;1-4(2)9-5(7)8-3-6;1-3(2)4;;/h10-16,22-24,26H,9,17-21H2,1-8H3,(H,40,41)(H2,34,35,38);8-14,19-20,22H,7,15-18H2,1-6H3,(H2,29,30,33)(H2,34,35,36);4H,3H2,1-2H3;3-4H,1-2H3;2*1H2/t26-;22-;;;;/m00..../s1. The first-order valence-electron chi connectivity index (χ1n) is 32.9. The summed E-state index contributed by atoms with van der Waals surface area (Å²) >= 11 is 5.06. The number of aliphatic hydroxyl groups excluding tert-OH is 1. The van der Waals surface area contributed by atoms with Gasteiger partial charge in [-0.2, -0.15) is 27.0 Å². The van der Waals surface area contributed by atoms with E-state index in [0.29, 0.717) is 59.3 Å². The van der Waals surface area contributed by atoms with Crippen molar-refractivity contribution in [2.75, 3.05) is 83.7 Å². The monoisotopic (exact) mass is 1520 g/mol. The number of nitrogens with zero attached hydrogens (tertiary/aromatic N) is 2. The first-order valence-corrected chi connectivity index (χ1v) is 36.4. The fourth-order valence-electron chi connectivity index (χ4n) is 9.03. The smallest absolute Gasteiger partial charge is 0.438 e. The van der Waals surface area contributed by atoms with Crippen molar-refractivity contribution in [1.82, 2.24) is 0 Å². The van der Waals surface area contributed by atoms with E-state index >= 15 is 0 Å². The van der Waals surface area contributed by atoms with E-state index < -0.39 is 72.4 Å². The second-order valence-electron chi connectivity index (χ2n) is 25.5. The summed E-state index contributed by atoms with van der Waals surface area (Å²) in [6.07, 6.45) is -1.47. The molecule has 27 nitrogen and oxygen atoms in total. The van der Waals surface area contributed by atoms with Crippen LogP contribution in [0.1, 0.15) is 171 Å². The van der Waals surface area contributed by atoms with Crippen molar-refractivity contribution in [1.29, 1.82) is 0 Å². The number of aryl methyl sites for hydroxylation is 2. The minimum absolute atomic E-state index is 0. The van der Waals surface area contributed by atoms with Gasteiger partial charge in [0.2, 0.25) is 20.4 Å². The first kappa shape index (κ1) is 96.7. The molecule has 0 saturated carbocycles. The Kier molecular flexibility index (Phi) is 48.8. The number of rotatable bonds is 34. The summed E-state index contributed by atoms with van der Waals surface area (Å²) in [5.74, 6) is -0.326. The van der Waals surface area contributed by atoms with Crippen molar-refractivity contribution in [3.63, 3.8) is 0 Å². The molecule has 0 fully saturated rings. The molecular formula is C69H113ClN6O21P2S2. The predicted octanol–water partition coefficient (Wildman–Crippen LogP) is 16.4. The number of amides is 4. The lowest BCUT2D eigenvalue weighted by molar-refractivity contribution is -0.152. The number of nitrogens with one attached hydrogen (secondary N) is 4. The van der Waals surface area contributed by atoms with Gasteiger partial charge in [0.05, 0.1) is 47.8 Å². The summed E-state index contributed by atoms with van der Waals surface area (Å²) in [6, 6.07) is 25.6. The van der Waals surface area contributed by atoms with Gasteiger partial charge < -0.3 is 79.3 Å². The molecule has 4 aromatic carbocycles. The maximum Gasteiger partial charge on any atom is 0.510 e. The third-order valence-electron chi connectivity index (χ3n) is 13.0. The van der Waals surface area contributed by atoms with Gasteiger partial charge in [-0.05, 0) is 163 Å². The van der Waals surface area contributed by atoms with Gasteiger partial charge in [-0.25, -0.2) is 41.9 Å². The number of benzene rings is 4. The fraction of sp³-hybridized carbons (Fsp3) is 0.565. The van der Waals surface area contributed by atoms with Crippen LogP contribution in [0.5, 0.6) is 0 Å². The number of phosphoric acid groups is 2. The van der Waals surface area contributed by atoms with Crippen LogP contribution in [0.25, 0.3) is 0 Å². The van der Waals surface area contributed by atoms with Crippen molar-refractivity contribution in [2.24, 2.45) is 23.7 Å². The molecule has 4 amide bonds. The molecule has 0 heterocycles. The molecule has 4 rings (SSSR count). The maximum absolute atomic E-state index is 13.1. The summed E-state index contributed by atoms with van der Waals surface area (Å²) < 4.78 is 64.2. The average Bonchev–Trinajstić information content (AvgIpc) is 0.820. The summed E-state index contributed by atoms with van der Waals surface area (Å²) in [5.41, 5.74) is 8.08. The van der Waals surface area contributed by atoms with Crippen LogP contribution in [-0.4, -0.2) is 127 Å². The quantitative estimate of drug-likeness (QED) is 0.00708. The van der Waals surface area contributed by atoms with Crippen molar-refractivity contribution < 1.29 is 99.7 Å². The summed E-state index contributed by atoms with van der Waals surface area (Å²) in [5, 5.41) is 19.8. The van der Waals surface area contributed by atoms with Crippen LogP contribution in [0.15, 0.2) is 84.9 Å². The van der Waals surface area contributed by atoms with Crippen LogP contribution in [0.2, 0.25) is 0 Å². The minimum atomic E-state index is -4.73. The van der Waals surface area contributed by atoms with Gasteiger partial charge in [0.1, 0.15) is 0 Å². The lowest BCUT2D eigenvalue weighted by Gasteiger charge is -2.31. The van der Waals surface area contributed by atoms with E-state index in [2.05, 4.69) is 114 Å². The van der Waals surface area contributed by atoms with Crippen LogP contribution in [0.4, 0.5) is 53.3 Å². The Hall–Kier alpha value is -6.33. The van der Waals surface area contributed by atoms with Gasteiger partial charge >= 0.3 is 52.0 Å². The van der Waals surface area contributed by atoms with Crippen molar-refractivity contribution in [3.05, 3.63) is 107 Å². The number of anilines is 6. The van der Waals surface area contributed by atoms with Crippen LogP contribution in [0.3, 0.4) is 0 Å². The second-order valence-corrected chi connectivity index (χ2v) is 28.4. The topological polar surface area (TPSA) is 355 Å². The lowest BCUT2D eigenvalue weighted by Crippen LogP contribution is -2.32. The van der Waals surface area contributed by atoms with Gasteiger partial charge in [-0.1, -0.05) is 128 Å². The van der Waals surface area contributed by atoms with E-state index in [1.807, 2.05) is 113 Å². The average molecular weight is 1520 g/mol. The highest BCUT2D eigenvalue weighted by Gasteiger charge is 2.27. The number of alkyl halides is 1. The predicted molar refractivity (Wildman–Crippen MR) is 406 cm³/mol. The molecule has 0 aliphatic heterocycles. The van der Waals surface area contributed by atoms with E-state index in [4.69, 9.17) is 40.7 Å². The normalized spacial score (nSPS) is 12.1. The zero-order valence-electron chi connectivity index (χ0n) is 61.7. The van der Waals surface area contributed by atoms with Gasteiger partial charge in [-0.15, -0.1) is 0 Å². The molecule has 0 saturated heterocycles. The van der Waals surface area contributed by atoms with Crippen LogP contribution >= 0.6 is 54.2 Å². The summed E-state index contributed by atoms with van der Waals surface area (Å²) in [4.78, 5) is 105. The van der Waals surface area contributed by atoms with Crippen LogP contribution < -0.4 is 31.1 Å². The molecule has 0 radical (unpaired) electrons. The van der Waals surface area contributed by atoms with E-state index in [0.717, 1.165) is 59.8 Å². The Morgan fingerprint density at radius 1 is 0.475 bits per heavy atom. The molecule has 0 aliphatic carbocycles. The molecule has 8 N–H and O–H groups in total. The van der Waals surface area contributed by atoms with Crippen LogP contribution in [0, 0.1) is 37.5 Å². The zero-order valence-corrected chi connectivity index (χ0v) is 66.2. The molecule has 32 heteroatoms. The van der Waals surface area contributed by atoms with E-state index in [1.54, 1.807) is 41.5 Å². The largest absolute Gasteiger partial charge is 0.510 e. The van der Waals surface area contributed by atoms with E-state index in [1.165, 1.54) is 0 Å². The van der Waals surface area contributed by atoms with Crippen molar-refractivity contribution in [3.8, 4) is 0 Å². The number of aliphatic hydroxyl groups is 1. The summed E-state index contributed by atoms with van der Waals surface area (Å²) in [7, 11) is -9.42. The molecule has 4 aromatic rings. The lowest BCUT2D eigenvalue weighted by atomic mass is 9.92. The highest BCUT2D eigenvalue weighted by atomic mass is 35.5. The Balaban J connectivity index is 0. The van der Waals surface area contributed by atoms with Crippen LogP contribution in [-0.2, 0) is 60.7 Å². The van der Waals surface area contributed by atoms with E-state index in [9.17, 15) is 42.8 Å². The highest BCUT2D eigenvalue weighted by molar-refractivity contribution is 7.59. The number of carbonyl (C=O) groups excluding carboxylic acids is 6. The van der Waals surface area contributed by atoms with Gasteiger partial charge in [-0.3, -0.25) is 9.59 Å². The number of phosphoric ester groups is 2. The number of carbonyl (C=O) groups is 6. The van der Waals surface area contributed by atoms with Gasteiger partial charge in [0.25, 0.3) is 0 Å². The Labute approximate surface area is 616 Å². The molecule has 0 aromatic heterocycles. The molecule has 0 aliphatic rings. The SMILES string of the molecule is CC(C)O.CC(C)OC(=O)OCCl.CC[C@@H](CC(=O)OCOP(=O)(O)O)c1ccc(N(CC(C)C)CC(C)C)c(NC(=O)Nc2ccc(C)cc2)c1.CC[C@@H](CC(=O)OCOP(=O)(O)OCOC(=O)OC(C)C)c1ccc(N(CC(C)C)CC(C)C)c(NC(=O)Nc2ccc(C)cc2)c1.S.S. The molecule has 0 bridgehead atoms. The Morgan fingerprint density at radius 3 is 1.09 bits per heavy atom. The van der Waals surface area contributed by atoms with E-state index in [-0.39, 0.29) is 76.0 Å². The second kappa shape index (κ2) is 50.9. The maximum atomic E-state index is 13.1. The van der Waals surface area contributed by atoms with Crippen molar-refractivity contribution in [2.45, 2.75) is 180 Å². The molecule has 0 spiro atoms. The molecule has 1 unspecified atom stereocenters. The Morgan fingerprint density at radius 2 is 0.792 bits per heavy atom.